The predicted octanol–water partition coefficient (Wildman–Crippen LogP) is 4.28. The van der Waals surface area contributed by atoms with Gasteiger partial charge in [0, 0.05) is 21.3 Å². The van der Waals surface area contributed by atoms with Crippen molar-refractivity contribution in [1.29, 1.82) is 0 Å². The maximum atomic E-state index is 12.6. The van der Waals surface area contributed by atoms with Gasteiger partial charge in [0.15, 0.2) is 5.78 Å². The molecular weight excluding hydrogens is 335 g/mol. The molecule has 2 aromatic carbocycles. The van der Waals surface area contributed by atoms with Gasteiger partial charge in [0.1, 0.15) is 0 Å². The molecule has 104 valence electrons. The maximum Gasteiger partial charge on any atom is 0.416 e. The highest BCUT2D eigenvalue weighted by Gasteiger charge is 2.31. The summed E-state index contributed by atoms with van der Waals surface area (Å²) in [6, 6.07) is 8.88. The Kier molecular flexibility index (Phi) is 3.85. The first kappa shape index (κ1) is 14.6. The third-order valence-corrected chi connectivity index (χ3v) is 3.20. The van der Waals surface area contributed by atoms with Crippen LogP contribution in [-0.2, 0) is 6.18 Å². The van der Waals surface area contributed by atoms with Gasteiger partial charge in [0.05, 0.1) is 5.56 Å². The molecular formula is C14H9BrF3NO. The lowest BCUT2D eigenvalue weighted by atomic mass is 10.00. The summed E-state index contributed by atoms with van der Waals surface area (Å²) in [4.78, 5) is 12.2. The fraction of sp³-hybridized carbons (Fsp3) is 0.0714. The van der Waals surface area contributed by atoms with Crippen molar-refractivity contribution in [3.05, 3.63) is 63.6 Å². The molecule has 2 nitrogen and oxygen atoms in total. The monoisotopic (exact) mass is 343 g/mol. The summed E-state index contributed by atoms with van der Waals surface area (Å²) in [5.74, 6) is -0.541. The molecule has 0 aliphatic rings. The van der Waals surface area contributed by atoms with E-state index in [-0.39, 0.29) is 16.8 Å². The Morgan fingerprint density at radius 2 is 1.80 bits per heavy atom. The molecule has 0 atom stereocenters. The van der Waals surface area contributed by atoms with Gasteiger partial charge in [-0.3, -0.25) is 4.79 Å². The molecule has 0 bridgehead atoms. The second kappa shape index (κ2) is 5.28. The molecule has 0 saturated heterocycles. The third kappa shape index (κ3) is 3.01. The van der Waals surface area contributed by atoms with Crippen molar-refractivity contribution >= 4 is 27.4 Å². The second-order valence-corrected chi connectivity index (χ2v) is 5.05. The predicted molar refractivity (Wildman–Crippen MR) is 73.4 cm³/mol. The Bertz CT molecular complexity index is 668. The van der Waals surface area contributed by atoms with Crippen LogP contribution in [0.4, 0.5) is 18.9 Å². The molecule has 0 amide bonds. The zero-order valence-electron chi connectivity index (χ0n) is 10.0. The topological polar surface area (TPSA) is 43.1 Å². The van der Waals surface area contributed by atoms with E-state index in [4.69, 9.17) is 5.73 Å². The number of anilines is 1. The largest absolute Gasteiger partial charge is 0.416 e. The average Bonchev–Trinajstić information content (AvgIpc) is 2.37. The fourth-order valence-electron chi connectivity index (χ4n) is 1.73. The SMILES string of the molecule is Nc1cc(Br)ccc1C(=O)c1cccc(C(F)(F)F)c1. The summed E-state index contributed by atoms with van der Waals surface area (Å²) in [6.07, 6.45) is -4.48. The van der Waals surface area contributed by atoms with Gasteiger partial charge in [0.25, 0.3) is 0 Å². The number of carbonyl (C=O) groups is 1. The molecule has 2 aromatic rings. The third-order valence-electron chi connectivity index (χ3n) is 2.71. The van der Waals surface area contributed by atoms with Crippen LogP contribution in [0.3, 0.4) is 0 Å². The number of hydrogen-bond acceptors (Lipinski definition) is 2. The number of benzene rings is 2. The second-order valence-electron chi connectivity index (χ2n) is 4.14. The Hall–Kier alpha value is -1.82. The lowest BCUT2D eigenvalue weighted by Crippen LogP contribution is -2.09. The van der Waals surface area contributed by atoms with Gasteiger partial charge in [-0.1, -0.05) is 28.1 Å². The molecule has 0 aliphatic carbocycles. The van der Waals surface area contributed by atoms with Crippen molar-refractivity contribution in [1.82, 2.24) is 0 Å². The first-order valence-electron chi connectivity index (χ1n) is 5.56. The van der Waals surface area contributed by atoms with Crippen molar-refractivity contribution in [2.75, 3.05) is 5.73 Å². The number of nitrogen functional groups attached to an aromatic ring is 1. The van der Waals surface area contributed by atoms with Gasteiger partial charge in [-0.2, -0.15) is 13.2 Å². The van der Waals surface area contributed by atoms with E-state index >= 15 is 0 Å². The molecule has 0 unspecified atom stereocenters. The fourth-order valence-corrected chi connectivity index (χ4v) is 2.11. The molecule has 0 aromatic heterocycles. The van der Waals surface area contributed by atoms with Crippen LogP contribution in [-0.4, -0.2) is 5.78 Å². The molecule has 0 saturated carbocycles. The number of nitrogens with two attached hydrogens (primary N) is 1. The summed E-state index contributed by atoms with van der Waals surface area (Å²) in [5, 5.41) is 0. The average molecular weight is 344 g/mol. The number of rotatable bonds is 2. The van der Waals surface area contributed by atoms with Gasteiger partial charge in [-0.25, -0.2) is 0 Å². The molecule has 0 fully saturated rings. The van der Waals surface area contributed by atoms with Crippen molar-refractivity contribution in [3.8, 4) is 0 Å². The van der Waals surface area contributed by atoms with Crippen molar-refractivity contribution in [2.45, 2.75) is 6.18 Å². The van der Waals surface area contributed by atoms with Crippen molar-refractivity contribution in [3.63, 3.8) is 0 Å². The first-order valence-corrected chi connectivity index (χ1v) is 6.35. The molecule has 6 heteroatoms. The summed E-state index contributed by atoms with van der Waals surface area (Å²) in [6.45, 7) is 0. The molecule has 0 aliphatic heterocycles. The normalized spacial score (nSPS) is 11.4. The van der Waals surface area contributed by atoms with Crippen LogP contribution >= 0.6 is 15.9 Å². The zero-order chi connectivity index (χ0) is 14.9. The minimum absolute atomic E-state index is 0.0474. The summed E-state index contributed by atoms with van der Waals surface area (Å²) < 4.78 is 38.6. The van der Waals surface area contributed by atoms with Crippen LogP contribution in [0.2, 0.25) is 0 Å². The lowest BCUT2D eigenvalue weighted by molar-refractivity contribution is -0.137. The molecule has 0 spiro atoms. The standard InChI is InChI=1S/C14H9BrF3NO/c15-10-4-5-11(12(19)7-10)13(20)8-2-1-3-9(6-8)14(16,17)18/h1-7H,19H2. The number of ketones is 1. The summed E-state index contributed by atoms with van der Waals surface area (Å²) in [5.41, 5.74) is 5.18. The molecule has 0 radical (unpaired) electrons. The number of carbonyl (C=O) groups excluding carboxylic acids is 1. The van der Waals surface area contributed by atoms with E-state index in [1.807, 2.05) is 0 Å². The quantitative estimate of drug-likeness (QED) is 0.653. The Balaban J connectivity index is 2.44. The number of alkyl halides is 3. The maximum absolute atomic E-state index is 12.6. The van der Waals surface area contributed by atoms with Crippen LogP contribution in [0, 0.1) is 0 Å². The van der Waals surface area contributed by atoms with E-state index in [1.165, 1.54) is 24.3 Å². The lowest BCUT2D eigenvalue weighted by Gasteiger charge is -2.09. The highest BCUT2D eigenvalue weighted by Crippen LogP contribution is 2.30. The van der Waals surface area contributed by atoms with E-state index in [2.05, 4.69) is 15.9 Å². The van der Waals surface area contributed by atoms with Crippen molar-refractivity contribution < 1.29 is 18.0 Å². The van der Waals surface area contributed by atoms with E-state index in [1.54, 1.807) is 6.07 Å². The minimum Gasteiger partial charge on any atom is -0.398 e. The molecule has 0 heterocycles. The Morgan fingerprint density at radius 3 is 2.40 bits per heavy atom. The van der Waals surface area contributed by atoms with E-state index in [0.717, 1.165) is 12.1 Å². The first-order chi connectivity index (χ1) is 9.29. The molecule has 20 heavy (non-hydrogen) atoms. The van der Waals surface area contributed by atoms with Crippen LogP contribution < -0.4 is 5.73 Å². The van der Waals surface area contributed by atoms with Gasteiger partial charge < -0.3 is 5.73 Å². The molecule has 2 rings (SSSR count). The van der Waals surface area contributed by atoms with Crippen LogP contribution in [0.1, 0.15) is 21.5 Å². The smallest absolute Gasteiger partial charge is 0.398 e. The van der Waals surface area contributed by atoms with Crippen LogP contribution in [0.25, 0.3) is 0 Å². The van der Waals surface area contributed by atoms with E-state index in [0.29, 0.717) is 4.47 Å². The highest BCUT2D eigenvalue weighted by molar-refractivity contribution is 9.10. The van der Waals surface area contributed by atoms with Crippen LogP contribution in [0.15, 0.2) is 46.9 Å². The summed E-state index contributed by atoms with van der Waals surface area (Å²) >= 11 is 3.20. The minimum atomic E-state index is -4.48. The number of halogens is 4. The zero-order valence-corrected chi connectivity index (χ0v) is 11.6. The van der Waals surface area contributed by atoms with Crippen LogP contribution in [0.5, 0.6) is 0 Å². The van der Waals surface area contributed by atoms with Gasteiger partial charge in [-0.05, 0) is 30.3 Å². The van der Waals surface area contributed by atoms with Gasteiger partial charge in [-0.15, -0.1) is 0 Å². The Labute approximate surface area is 121 Å². The van der Waals surface area contributed by atoms with Gasteiger partial charge in [0.2, 0.25) is 0 Å². The van der Waals surface area contributed by atoms with Crippen molar-refractivity contribution in [2.24, 2.45) is 0 Å². The van der Waals surface area contributed by atoms with E-state index in [9.17, 15) is 18.0 Å². The Morgan fingerprint density at radius 1 is 1.10 bits per heavy atom. The molecule has 2 N–H and O–H groups in total. The van der Waals surface area contributed by atoms with Gasteiger partial charge >= 0.3 is 6.18 Å². The highest BCUT2D eigenvalue weighted by atomic mass is 79.9. The summed E-state index contributed by atoms with van der Waals surface area (Å²) in [7, 11) is 0. The van der Waals surface area contributed by atoms with E-state index < -0.39 is 17.5 Å². The number of hydrogen-bond donors (Lipinski definition) is 1.